The maximum absolute atomic E-state index is 11.9. The molecule has 0 amide bonds. The average Bonchev–Trinajstić information content (AvgIpc) is 2.67. The minimum absolute atomic E-state index is 0.258. The Morgan fingerprint density at radius 3 is 2.54 bits per heavy atom. The van der Waals surface area contributed by atoms with E-state index >= 15 is 0 Å². The summed E-state index contributed by atoms with van der Waals surface area (Å²) < 4.78 is 11.7. The molecule has 6 nitrogen and oxygen atoms in total. The van der Waals surface area contributed by atoms with Gasteiger partial charge in [0.1, 0.15) is 0 Å². The van der Waals surface area contributed by atoms with Crippen molar-refractivity contribution < 1.29 is 9.47 Å². The summed E-state index contributed by atoms with van der Waals surface area (Å²) in [5.74, 6) is 0.407. The molecule has 1 fully saturated rings. The molecule has 0 aliphatic carbocycles. The van der Waals surface area contributed by atoms with Crippen LogP contribution in [0.3, 0.4) is 0 Å². The van der Waals surface area contributed by atoms with Gasteiger partial charge in [0.25, 0.3) is 5.56 Å². The van der Waals surface area contributed by atoms with Crippen LogP contribution in [0.4, 0.5) is 0 Å². The topological polar surface area (TPSA) is 65.4 Å². The zero-order chi connectivity index (χ0) is 18.8. The molecule has 1 aliphatic rings. The Morgan fingerprint density at radius 2 is 1.96 bits per heavy atom. The number of nitrogens with one attached hydrogen (secondary N) is 1. The largest absolute Gasteiger partial charge is 0.477 e. The predicted octanol–water partition coefficient (Wildman–Crippen LogP) is 3.32. The van der Waals surface area contributed by atoms with Crippen molar-refractivity contribution in [2.45, 2.75) is 19.8 Å². The molecule has 2 aromatic rings. The molecule has 0 spiro atoms. The molecule has 0 saturated carbocycles. The molecule has 1 saturated heterocycles. The van der Waals surface area contributed by atoms with E-state index in [9.17, 15) is 4.79 Å². The molecule has 0 radical (unpaired) electrons. The summed E-state index contributed by atoms with van der Waals surface area (Å²) in [6.45, 7) is 6.48. The number of benzene rings is 1. The molecule has 1 N–H and O–H groups in total. The molecule has 8 heteroatoms. The first-order chi connectivity index (χ1) is 12.6. The molecule has 0 unspecified atom stereocenters. The first-order valence-electron chi connectivity index (χ1n) is 8.59. The van der Waals surface area contributed by atoms with E-state index < -0.39 is 0 Å². The molecule has 1 aromatic heterocycles. The van der Waals surface area contributed by atoms with Crippen LogP contribution in [0.5, 0.6) is 5.88 Å². The number of aromatic nitrogens is 2. The van der Waals surface area contributed by atoms with Gasteiger partial charge in [-0.15, -0.1) is 5.10 Å². The maximum Gasteiger partial charge on any atom is 0.271 e. The van der Waals surface area contributed by atoms with Crippen LogP contribution >= 0.6 is 23.2 Å². The van der Waals surface area contributed by atoms with E-state index in [4.69, 9.17) is 32.7 Å². The Labute approximate surface area is 163 Å². The quantitative estimate of drug-likeness (QED) is 0.781. The van der Waals surface area contributed by atoms with Crippen LogP contribution in [-0.4, -0.2) is 42.7 Å². The Hall–Kier alpha value is -1.60. The molecule has 1 aromatic carbocycles. The Balaban J connectivity index is 0.000000342. The van der Waals surface area contributed by atoms with Gasteiger partial charge in [-0.05, 0) is 24.6 Å². The minimum atomic E-state index is -0.258. The van der Waals surface area contributed by atoms with Crippen molar-refractivity contribution in [2.75, 3.05) is 32.9 Å². The summed E-state index contributed by atoms with van der Waals surface area (Å²) in [4.78, 5) is 11.9. The summed E-state index contributed by atoms with van der Waals surface area (Å²) >= 11 is 11.8. The second-order valence-corrected chi connectivity index (χ2v) is 6.40. The van der Waals surface area contributed by atoms with Crippen molar-refractivity contribution in [2.24, 2.45) is 0 Å². The summed E-state index contributed by atoms with van der Waals surface area (Å²) in [6.07, 6.45) is 1.97. The zero-order valence-corrected chi connectivity index (χ0v) is 16.2. The molecule has 3 rings (SSSR count). The minimum Gasteiger partial charge on any atom is -0.477 e. The Morgan fingerprint density at radius 1 is 1.19 bits per heavy atom. The van der Waals surface area contributed by atoms with Crippen molar-refractivity contribution in [3.8, 4) is 11.6 Å². The van der Waals surface area contributed by atoms with Gasteiger partial charge >= 0.3 is 0 Å². The second-order valence-electron chi connectivity index (χ2n) is 5.58. The third-order valence-electron chi connectivity index (χ3n) is 3.52. The highest BCUT2D eigenvalue weighted by atomic mass is 35.5. The SMILES string of the molecule is C1COCCN1.CCCCOc1ccc(=O)n(-c2ccc(Cl)c(Cl)c2)n1. The van der Waals surface area contributed by atoms with Crippen molar-refractivity contribution >= 4 is 23.2 Å². The van der Waals surface area contributed by atoms with Gasteiger partial charge in [-0.25, -0.2) is 0 Å². The normalized spacial score (nSPS) is 13.7. The predicted molar refractivity (Wildman–Crippen MR) is 104 cm³/mol. The van der Waals surface area contributed by atoms with E-state index in [2.05, 4.69) is 17.3 Å². The van der Waals surface area contributed by atoms with Gasteiger partial charge in [0, 0.05) is 25.2 Å². The zero-order valence-electron chi connectivity index (χ0n) is 14.7. The van der Waals surface area contributed by atoms with Crippen LogP contribution in [0.25, 0.3) is 5.69 Å². The number of hydrogen-bond donors (Lipinski definition) is 1. The first kappa shape index (κ1) is 20.7. The van der Waals surface area contributed by atoms with E-state index in [0.717, 1.165) is 39.1 Å². The van der Waals surface area contributed by atoms with Crippen LogP contribution in [0, 0.1) is 0 Å². The smallest absolute Gasteiger partial charge is 0.271 e. The average molecular weight is 400 g/mol. The van der Waals surface area contributed by atoms with Crippen LogP contribution in [-0.2, 0) is 4.74 Å². The van der Waals surface area contributed by atoms with E-state index in [1.807, 2.05) is 0 Å². The lowest BCUT2D eigenvalue weighted by Gasteiger charge is -2.10. The van der Waals surface area contributed by atoms with Crippen LogP contribution in [0.1, 0.15) is 19.8 Å². The van der Waals surface area contributed by atoms with E-state index in [0.29, 0.717) is 28.2 Å². The van der Waals surface area contributed by atoms with Crippen LogP contribution < -0.4 is 15.6 Å². The lowest BCUT2D eigenvalue weighted by molar-refractivity contribution is 0.109. The molecule has 26 heavy (non-hydrogen) atoms. The van der Waals surface area contributed by atoms with Gasteiger partial charge in [0.05, 0.1) is 35.6 Å². The molecule has 142 valence electrons. The maximum atomic E-state index is 11.9. The number of unbranched alkanes of at least 4 members (excludes halogenated alkanes) is 1. The molecule has 1 aliphatic heterocycles. The highest BCUT2D eigenvalue weighted by Crippen LogP contribution is 2.23. The van der Waals surface area contributed by atoms with Gasteiger partial charge in [0.15, 0.2) is 0 Å². The number of morpholine rings is 1. The van der Waals surface area contributed by atoms with Gasteiger partial charge in [0.2, 0.25) is 5.88 Å². The highest BCUT2D eigenvalue weighted by molar-refractivity contribution is 6.42. The van der Waals surface area contributed by atoms with E-state index in [1.54, 1.807) is 24.3 Å². The molecular weight excluding hydrogens is 377 g/mol. The Bertz CT molecular complexity index is 737. The monoisotopic (exact) mass is 399 g/mol. The molecule has 0 bridgehead atoms. The number of halogens is 2. The lowest BCUT2D eigenvalue weighted by Crippen LogP contribution is -2.30. The van der Waals surface area contributed by atoms with Gasteiger partial charge in [-0.2, -0.15) is 4.68 Å². The number of rotatable bonds is 5. The lowest BCUT2D eigenvalue weighted by atomic mass is 10.3. The molecule has 2 heterocycles. The third kappa shape index (κ3) is 6.61. The van der Waals surface area contributed by atoms with Crippen molar-refractivity contribution in [3.63, 3.8) is 0 Å². The van der Waals surface area contributed by atoms with Crippen LogP contribution in [0.15, 0.2) is 35.1 Å². The standard InChI is InChI=1S/C14H14Cl2N2O2.C4H9NO/c1-2-3-8-20-13-6-7-14(19)18(17-13)10-4-5-11(15)12(16)9-10;1-3-6-4-2-5-1/h4-7,9H,2-3,8H2,1H3;5H,1-4H2. The summed E-state index contributed by atoms with van der Waals surface area (Å²) in [7, 11) is 0. The fourth-order valence-corrected chi connectivity index (χ4v) is 2.40. The number of nitrogens with zero attached hydrogens (tertiary/aromatic N) is 2. The van der Waals surface area contributed by atoms with Crippen molar-refractivity contribution in [1.82, 2.24) is 15.1 Å². The number of hydrogen-bond acceptors (Lipinski definition) is 5. The van der Waals surface area contributed by atoms with E-state index in [1.165, 1.54) is 10.7 Å². The number of ether oxygens (including phenoxy) is 2. The first-order valence-corrected chi connectivity index (χ1v) is 9.34. The summed E-state index contributed by atoms with van der Waals surface area (Å²) in [6, 6.07) is 7.87. The molecular formula is C18H23Cl2N3O3. The van der Waals surface area contributed by atoms with Gasteiger partial charge < -0.3 is 14.8 Å². The third-order valence-corrected chi connectivity index (χ3v) is 4.26. The van der Waals surface area contributed by atoms with Gasteiger partial charge in [-0.1, -0.05) is 36.5 Å². The van der Waals surface area contributed by atoms with E-state index in [-0.39, 0.29) is 5.56 Å². The second kappa shape index (κ2) is 11.2. The highest BCUT2D eigenvalue weighted by Gasteiger charge is 2.06. The van der Waals surface area contributed by atoms with Gasteiger partial charge in [-0.3, -0.25) is 4.79 Å². The summed E-state index contributed by atoms with van der Waals surface area (Å²) in [5, 5.41) is 8.13. The van der Waals surface area contributed by atoms with Crippen LogP contribution in [0.2, 0.25) is 10.0 Å². The molecule has 0 atom stereocenters. The fraction of sp³-hybridized carbons (Fsp3) is 0.444. The van der Waals surface area contributed by atoms with Crippen molar-refractivity contribution in [1.29, 1.82) is 0 Å². The fourth-order valence-electron chi connectivity index (χ4n) is 2.11. The summed E-state index contributed by atoms with van der Waals surface area (Å²) in [5.41, 5.74) is 0.288. The Kier molecular flexibility index (Phi) is 8.91. The van der Waals surface area contributed by atoms with Crippen molar-refractivity contribution in [3.05, 3.63) is 50.7 Å².